The molecule has 0 saturated carbocycles. The number of nitrogen functional groups attached to an aromatic ring is 1. The summed E-state index contributed by atoms with van der Waals surface area (Å²) in [5.74, 6) is 0. The third-order valence-corrected chi connectivity index (χ3v) is 6.01. The quantitative estimate of drug-likeness (QED) is 0.836. The molecule has 2 unspecified atom stereocenters. The molecule has 0 radical (unpaired) electrons. The molecular formula is C14H22N2O4S. The molecule has 2 N–H and O–H groups in total. The number of methoxy groups -OCH3 is 2. The number of benzene rings is 1. The molecule has 7 heteroatoms. The maximum absolute atomic E-state index is 12.9. The zero-order valence-corrected chi connectivity index (χ0v) is 13.6. The van der Waals surface area contributed by atoms with Gasteiger partial charge in [-0.25, -0.2) is 8.42 Å². The van der Waals surface area contributed by atoms with Crippen molar-refractivity contribution in [2.24, 2.45) is 0 Å². The number of aryl methyl sites for hydroxylation is 2. The van der Waals surface area contributed by atoms with E-state index in [4.69, 9.17) is 15.2 Å². The van der Waals surface area contributed by atoms with Gasteiger partial charge < -0.3 is 15.2 Å². The van der Waals surface area contributed by atoms with Crippen LogP contribution in [-0.4, -0.2) is 52.2 Å². The lowest BCUT2D eigenvalue weighted by Crippen LogP contribution is -2.31. The second-order valence-electron chi connectivity index (χ2n) is 5.35. The fourth-order valence-corrected chi connectivity index (χ4v) is 4.76. The third kappa shape index (κ3) is 2.91. The number of anilines is 1. The summed E-state index contributed by atoms with van der Waals surface area (Å²) in [7, 11) is -0.461. The minimum absolute atomic E-state index is 0.251. The molecule has 0 amide bonds. The number of hydrogen-bond acceptors (Lipinski definition) is 5. The summed E-state index contributed by atoms with van der Waals surface area (Å²) >= 11 is 0. The lowest BCUT2D eigenvalue weighted by molar-refractivity contribution is -0.00461. The van der Waals surface area contributed by atoms with E-state index in [1.54, 1.807) is 40.2 Å². The van der Waals surface area contributed by atoms with Crippen LogP contribution in [0.25, 0.3) is 0 Å². The van der Waals surface area contributed by atoms with E-state index >= 15 is 0 Å². The fourth-order valence-electron chi connectivity index (χ4n) is 2.88. The van der Waals surface area contributed by atoms with E-state index in [0.29, 0.717) is 34.8 Å². The summed E-state index contributed by atoms with van der Waals surface area (Å²) in [4.78, 5) is 0.323. The first-order valence-corrected chi connectivity index (χ1v) is 8.17. The molecule has 0 aliphatic carbocycles. The highest BCUT2D eigenvalue weighted by Gasteiger charge is 2.40. The monoisotopic (exact) mass is 314 g/mol. The molecule has 0 spiro atoms. The van der Waals surface area contributed by atoms with Crippen molar-refractivity contribution in [3.8, 4) is 0 Å². The molecule has 2 atom stereocenters. The summed E-state index contributed by atoms with van der Waals surface area (Å²) in [5.41, 5.74) is 7.64. The Balaban J connectivity index is 2.40. The molecule has 1 fully saturated rings. The molecule has 0 bridgehead atoms. The third-order valence-electron chi connectivity index (χ3n) is 3.87. The van der Waals surface area contributed by atoms with Gasteiger partial charge in [-0.15, -0.1) is 0 Å². The number of ether oxygens (including phenoxy) is 2. The Bertz CT molecular complexity index is 595. The van der Waals surface area contributed by atoms with Crippen LogP contribution in [0.2, 0.25) is 0 Å². The molecule has 6 nitrogen and oxygen atoms in total. The molecule has 1 aromatic carbocycles. The van der Waals surface area contributed by atoms with Gasteiger partial charge in [-0.3, -0.25) is 0 Å². The Morgan fingerprint density at radius 1 is 1.10 bits per heavy atom. The topological polar surface area (TPSA) is 81.9 Å². The van der Waals surface area contributed by atoms with Crippen molar-refractivity contribution in [3.05, 3.63) is 23.3 Å². The Kier molecular flexibility index (Phi) is 4.57. The van der Waals surface area contributed by atoms with E-state index < -0.39 is 10.0 Å². The van der Waals surface area contributed by atoms with Crippen LogP contribution in [0.5, 0.6) is 0 Å². The lowest BCUT2D eigenvalue weighted by Gasteiger charge is -2.19. The molecule has 21 heavy (non-hydrogen) atoms. The molecule has 1 aromatic rings. The van der Waals surface area contributed by atoms with Gasteiger partial charge in [0.2, 0.25) is 10.0 Å². The van der Waals surface area contributed by atoms with E-state index in [-0.39, 0.29) is 12.2 Å². The molecule has 1 aliphatic heterocycles. The van der Waals surface area contributed by atoms with Gasteiger partial charge in [0.05, 0.1) is 17.1 Å². The summed E-state index contributed by atoms with van der Waals surface area (Å²) in [5, 5.41) is 0. The number of sulfonamides is 1. The normalized spacial score (nSPS) is 23.6. The summed E-state index contributed by atoms with van der Waals surface area (Å²) in [6, 6.07) is 3.36. The maximum Gasteiger partial charge on any atom is 0.243 e. The zero-order valence-electron chi connectivity index (χ0n) is 12.8. The number of hydrogen-bond donors (Lipinski definition) is 1. The smallest absolute Gasteiger partial charge is 0.243 e. The average Bonchev–Trinajstić information content (AvgIpc) is 2.80. The van der Waals surface area contributed by atoms with Crippen molar-refractivity contribution in [3.63, 3.8) is 0 Å². The van der Waals surface area contributed by atoms with E-state index in [0.717, 1.165) is 0 Å². The van der Waals surface area contributed by atoms with Crippen molar-refractivity contribution in [1.82, 2.24) is 4.31 Å². The van der Waals surface area contributed by atoms with Gasteiger partial charge in [0.1, 0.15) is 0 Å². The molecule has 2 rings (SSSR count). The summed E-state index contributed by atoms with van der Waals surface area (Å²) in [6.45, 7) is 4.10. The van der Waals surface area contributed by atoms with Crippen molar-refractivity contribution in [1.29, 1.82) is 0 Å². The zero-order chi connectivity index (χ0) is 15.8. The van der Waals surface area contributed by atoms with Crippen LogP contribution in [0.1, 0.15) is 11.1 Å². The predicted molar refractivity (Wildman–Crippen MR) is 80.7 cm³/mol. The van der Waals surface area contributed by atoms with E-state index in [1.165, 1.54) is 4.31 Å². The van der Waals surface area contributed by atoms with Crippen LogP contribution in [0.3, 0.4) is 0 Å². The van der Waals surface area contributed by atoms with E-state index in [1.807, 2.05) is 0 Å². The molecule has 0 aromatic heterocycles. The SMILES string of the molecule is COC1CN(S(=O)(=O)c2c(C)cc(N)cc2C)CC1OC. The first kappa shape index (κ1) is 16.2. The fraction of sp³-hybridized carbons (Fsp3) is 0.571. The molecule has 1 heterocycles. The standard InChI is InChI=1S/C14H22N2O4S/c1-9-5-11(15)6-10(2)14(9)21(17,18)16-7-12(19-3)13(8-16)20-4/h5-6,12-13H,7-8,15H2,1-4H3. The van der Waals surface area contributed by atoms with Crippen molar-refractivity contribution < 1.29 is 17.9 Å². The highest BCUT2D eigenvalue weighted by atomic mass is 32.2. The Morgan fingerprint density at radius 3 is 1.90 bits per heavy atom. The summed E-state index contributed by atoms with van der Waals surface area (Å²) < 4.78 is 37.8. The van der Waals surface area contributed by atoms with Crippen molar-refractivity contribution in [2.75, 3.05) is 33.0 Å². The Hall–Kier alpha value is -1.15. The van der Waals surface area contributed by atoms with E-state index in [2.05, 4.69) is 0 Å². The molecule has 118 valence electrons. The van der Waals surface area contributed by atoms with Gasteiger partial charge >= 0.3 is 0 Å². The first-order valence-electron chi connectivity index (χ1n) is 6.73. The van der Waals surface area contributed by atoms with Gasteiger partial charge in [-0.2, -0.15) is 4.31 Å². The van der Waals surface area contributed by atoms with Crippen LogP contribution in [-0.2, 0) is 19.5 Å². The second-order valence-corrected chi connectivity index (χ2v) is 7.23. The van der Waals surface area contributed by atoms with Crippen LogP contribution in [0, 0.1) is 13.8 Å². The van der Waals surface area contributed by atoms with Gasteiger partial charge in [-0.1, -0.05) is 0 Å². The van der Waals surface area contributed by atoms with Gasteiger partial charge in [0.15, 0.2) is 0 Å². The van der Waals surface area contributed by atoms with Gasteiger partial charge in [0.25, 0.3) is 0 Å². The first-order chi connectivity index (χ1) is 9.81. The largest absolute Gasteiger partial charge is 0.399 e. The Morgan fingerprint density at radius 2 is 1.52 bits per heavy atom. The van der Waals surface area contributed by atoms with Crippen LogP contribution < -0.4 is 5.73 Å². The van der Waals surface area contributed by atoms with Gasteiger partial charge in [-0.05, 0) is 37.1 Å². The van der Waals surface area contributed by atoms with Crippen molar-refractivity contribution in [2.45, 2.75) is 31.0 Å². The number of rotatable bonds is 4. The lowest BCUT2D eigenvalue weighted by atomic mass is 10.1. The van der Waals surface area contributed by atoms with Crippen molar-refractivity contribution >= 4 is 15.7 Å². The Labute approximate surface area is 125 Å². The predicted octanol–water partition coefficient (Wildman–Crippen LogP) is 0.920. The highest BCUT2D eigenvalue weighted by molar-refractivity contribution is 7.89. The second kappa shape index (κ2) is 5.92. The van der Waals surface area contributed by atoms with Gasteiger partial charge in [0, 0.05) is 33.0 Å². The van der Waals surface area contributed by atoms with Crippen LogP contribution in [0.4, 0.5) is 5.69 Å². The van der Waals surface area contributed by atoms with Crippen LogP contribution in [0.15, 0.2) is 17.0 Å². The molecular weight excluding hydrogens is 292 g/mol. The number of nitrogens with two attached hydrogens (primary N) is 1. The van der Waals surface area contributed by atoms with E-state index in [9.17, 15) is 8.42 Å². The number of nitrogens with zero attached hydrogens (tertiary/aromatic N) is 1. The highest BCUT2D eigenvalue weighted by Crippen LogP contribution is 2.29. The summed E-state index contributed by atoms with van der Waals surface area (Å²) in [6.07, 6.45) is -0.502. The minimum atomic E-state index is -3.59. The maximum atomic E-state index is 12.9. The molecule has 1 aliphatic rings. The average molecular weight is 314 g/mol. The van der Waals surface area contributed by atoms with Crippen LogP contribution >= 0.6 is 0 Å². The minimum Gasteiger partial charge on any atom is -0.399 e. The molecule has 1 saturated heterocycles.